The molecule has 2 aliphatic heterocycles. The molecular formula is C23H34N2O4. The second-order valence-corrected chi connectivity index (χ2v) is 8.59. The van der Waals surface area contributed by atoms with Crippen LogP contribution >= 0.6 is 0 Å². The molecule has 29 heavy (non-hydrogen) atoms. The summed E-state index contributed by atoms with van der Waals surface area (Å²) in [6, 6.07) is 6.46. The van der Waals surface area contributed by atoms with E-state index < -0.39 is 0 Å². The van der Waals surface area contributed by atoms with Gasteiger partial charge in [0.05, 0.1) is 25.3 Å². The number of likely N-dealkylation sites (tertiary alicyclic amines) is 1. The van der Waals surface area contributed by atoms with Gasteiger partial charge < -0.3 is 24.0 Å². The summed E-state index contributed by atoms with van der Waals surface area (Å²) < 4.78 is 17.2. The molecule has 1 atom stereocenters. The van der Waals surface area contributed by atoms with Gasteiger partial charge in [0.1, 0.15) is 17.6 Å². The van der Waals surface area contributed by atoms with Crippen LogP contribution < -0.4 is 9.47 Å². The molecule has 160 valence electrons. The van der Waals surface area contributed by atoms with Crippen molar-refractivity contribution in [2.45, 2.75) is 63.1 Å². The average molecular weight is 403 g/mol. The van der Waals surface area contributed by atoms with Crippen LogP contribution in [0.25, 0.3) is 0 Å². The highest BCUT2D eigenvalue weighted by Crippen LogP contribution is 2.31. The fourth-order valence-corrected chi connectivity index (χ4v) is 4.90. The van der Waals surface area contributed by atoms with E-state index in [4.69, 9.17) is 14.2 Å². The topological polar surface area (TPSA) is 51.2 Å². The molecule has 1 unspecified atom stereocenters. The van der Waals surface area contributed by atoms with Gasteiger partial charge in [-0.1, -0.05) is 12.8 Å². The average Bonchev–Trinajstić information content (AvgIpc) is 3.48. The van der Waals surface area contributed by atoms with Gasteiger partial charge in [-0.05, 0) is 50.3 Å². The minimum Gasteiger partial charge on any atom is -0.497 e. The molecule has 2 saturated heterocycles. The van der Waals surface area contributed by atoms with Crippen LogP contribution in [-0.2, 0) is 4.74 Å². The molecule has 2 heterocycles. The fourth-order valence-electron chi connectivity index (χ4n) is 4.90. The highest BCUT2D eigenvalue weighted by Gasteiger charge is 2.30. The van der Waals surface area contributed by atoms with Crippen molar-refractivity contribution in [1.29, 1.82) is 0 Å². The van der Waals surface area contributed by atoms with Crippen molar-refractivity contribution in [3.63, 3.8) is 0 Å². The molecule has 0 bridgehead atoms. The second-order valence-electron chi connectivity index (χ2n) is 8.59. The maximum absolute atomic E-state index is 13.2. The SMILES string of the molecule is COc1ccc(OC2CCN(C3CCCC3)CC2)c(C(=O)N(C)C2CCOC2)c1. The van der Waals surface area contributed by atoms with Crippen LogP contribution in [0.4, 0.5) is 0 Å². The van der Waals surface area contributed by atoms with Gasteiger partial charge in [-0.3, -0.25) is 4.79 Å². The molecule has 1 aliphatic carbocycles. The van der Waals surface area contributed by atoms with Gasteiger partial charge >= 0.3 is 0 Å². The lowest BCUT2D eigenvalue weighted by Gasteiger charge is -2.36. The summed E-state index contributed by atoms with van der Waals surface area (Å²) >= 11 is 0. The van der Waals surface area contributed by atoms with Gasteiger partial charge in [-0.15, -0.1) is 0 Å². The Balaban J connectivity index is 1.43. The van der Waals surface area contributed by atoms with Crippen LogP contribution in [-0.4, -0.2) is 74.4 Å². The first-order chi connectivity index (χ1) is 14.2. The predicted molar refractivity (Wildman–Crippen MR) is 112 cm³/mol. The summed E-state index contributed by atoms with van der Waals surface area (Å²) in [5.41, 5.74) is 0.581. The summed E-state index contributed by atoms with van der Waals surface area (Å²) in [7, 11) is 3.47. The number of amides is 1. The molecule has 0 spiro atoms. The molecule has 3 aliphatic rings. The number of likely N-dealkylation sites (N-methyl/N-ethyl adjacent to an activating group) is 1. The first-order valence-electron chi connectivity index (χ1n) is 11.1. The summed E-state index contributed by atoms with van der Waals surface area (Å²) in [5, 5.41) is 0. The molecule has 1 amide bonds. The van der Waals surface area contributed by atoms with E-state index >= 15 is 0 Å². The Morgan fingerprint density at radius 3 is 2.55 bits per heavy atom. The van der Waals surface area contributed by atoms with Crippen molar-refractivity contribution in [1.82, 2.24) is 9.80 Å². The quantitative estimate of drug-likeness (QED) is 0.730. The minimum atomic E-state index is -0.0298. The summed E-state index contributed by atoms with van der Waals surface area (Å²) in [5.74, 6) is 1.31. The standard InChI is InChI=1S/C23H34N2O4/c1-24(18-11-14-28-16-18)23(26)21-15-20(27-2)7-8-22(21)29-19-9-12-25(13-10-19)17-5-3-4-6-17/h7-8,15,17-19H,3-6,9-14,16H2,1-2H3. The van der Waals surface area contributed by atoms with Gasteiger partial charge in [0.2, 0.25) is 0 Å². The highest BCUT2D eigenvalue weighted by molar-refractivity contribution is 5.97. The molecule has 3 fully saturated rings. The van der Waals surface area contributed by atoms with Crippen LogP contribution in [0.5, 0.6) is 11.5 Å². The number of rotatable bonds is 6. The maximum Gasteiger partial charge on any atom is 0.257 e. The number of benzene rings is 1. The van der Waals surface area contributed by atoms with Crippen molar-refractivity contribution in [2.24, 2.45) is 0 Å². The van der Waals surface area contributed by atoms with Crippen molar-refractivity contribution < 1.29 is 19.0 Å². The minimum absolute atomic E-state index is 0.0298. The maximum atomic E-state index is 13.2. The fraction of sp³-hybridized carbons (Fsp3) is 0.696. The molecule has 0 radical (unpaired) electrons. The Hall–Kier alpha value is -1.79. The van der Waals surface area contributed by atoms with Crippen molar-refractivity contribution >= 4 is 5.91 Å². The van der Waals surface area contributed by atoms with Crippen molar-refractivity contribution in [3.8, 4) is 11.5 Å². The molecule has 0 aromatic heterocycles. The normalized spacial score (nSPS) is 24.0. The smallest absolute Gasteiger partial charge is 0.257 e. The third kappa shape index (κ3) is 4.69. The number of ether oxygens (including phenoxy) is 3. The van der Waals surface area contributed by atoms with Crippen LogP contribution in [0, 0.1) is 0 Å². The highest BCUT2D eigenvalue weighted by atomic mass is 16.5. The van der Waals surface area contributed by atoms with E-state index in [1.54, 1.807) is 18.1 Å². The lowest BCUT2D eigenvalue weighted by atomic mass is 10.0. The number of piperidine rings is 1. The molecule has 1 aromatic rings. The van der Waals surface area contributed by atoms with Crippen molar-refractivity contribution in [2.75, 3.05) is 40.5 Å². The van der Waals surface area contributed by atoms with E-state index in [-0.39, 0.29) is 18.1 Å². The van der Waals surface area contributed by atoms with Gasteiger partial charge in [-0.2, -0.15) is 0 Å². The molecule has 1 saturated carbocycles. The number of methoxy groups -OCH3 is 1. The van der Waals surface area contributed by atoms with Gasteiger partial charge in [0, 0.05) is 32.8 Å². The second kappa shape index (κ2) is 9.35. The van der Waals surface area contributed by atoms with E-state index in [9.17, 15) is 4.79 Å². The van der Waals surface area contributed by atoms with Gasteiger partial charge in [-0.25, -0.2) is 0 Å². The zero-order valence-corrected chi connectivity index (χ0v) is 17.8. The van der Waals surface area contributed by atoms with Gasteiger partial charge in [0.25, 0.3) is 5.91 Å². The Kier molecular flexibility index (Phi) is 6.60. The Bertz CT molecular complexity index is 690. The number of hydrogen-bond donors (Lipinski definition) is 0. The predicted octanol–water partition coefficient (Wildman–Crippen LogP) is 3.34. The Labute approximate surface area is 174 Å². The zero-order valence-electron chi connectivity index (χ0n) is 17.8. The molecule has 6 nitrogen and oxygen atoms in total. The number of carbonyl (C=O) groups is 1. The third-order valence-electron chi connectivity index (χ3n) is 6.80. The van der Waals surface area contributed by atoms with Crippen molar-refractivity contribution in [3.05, 3.63) is 23.8 Å². The monoisotopic (exact) mass is 402 g/mol. The zero-order chi connectivity index (χ0) is 20.2. The Morgan fingerprint density at radius 1 is 1.14 bits per heavy atom. The third-order valence-corrected chi connectivity index (χ3v) is 6.80. The van der Waals surface area contributed by atoms with Crippen LogP contribution in [0.3, 0.4) is 0 Å². The van der Waals surface area contributed by atoms with E-state index in [1.807, 2.05) is 19.2 Å². The number of carbonyl (C=O) groups excluding carboxylic acids is 1. The Morgan fingerprint density at radius 2 is 1.90 bits per heavy atom. The summed E-state index contributed by atoms with van der Waals surface area (Å²) in [6.07, 6.45) is 8.51. The van der Waals surface area contributed by atoms with Gasteiger partial charge in [0.15, 0.2) is 0 Å². The molecule has 0 N–H and O–H groups in total. The van der Waals surface area contributed by atoms with E-state index in [0.717, 1.165) is 38.4 Å². The first kappa shape index (κ1) is 20.5. The van der Waals surface area contributed by atoms with Crippen LogP contribution in [0.2, 0.25) is 0 Å². The molecule has 1 aromatic carbocycles. The lowest BCUT2D eigenvalue weighted by molar-refractivity contribution is 0.0666. The van der Waals surface area contributed by atoms with E-state index in [1.165, 1.54) is 25.7 Å². The summed E-state index contributed by atoms with van der Waals surface area (Å²) in [4.78, 5) is 17.6. The lowest BCUT2D eigenvalue weighted by Crippen LogP contribution is -2.43. The summed E-state index contributed by atoms with van der Waals surface area (Å²) in [6.45, 7) is 3.49. The number of nitrogens with zero attached hydrogens (tertiary/aromatic N) is 2. The largest absolute Gasteiger partial charge is 0.497 e. The molecule has 6 heteroatoms. The van der Waals surface area contributed by atoms with E-state index in [2.05, 4.69) is 4.90 Å². The van der Waals surface area contributed by atoms with Crippen LogP contribution in [0.1, 0.15) is 55.3 Å². The first-order valence-corrected chi connectivity index (χ1v) is 11.1. The number of hydrogen-bond acceptors (Lipinski definition) is 5. The molecular weight excluding hydrogens is 368 g/mol. The van der Waals surface area contributed by atoms with Crippen LogP contribution in [0.15, 0.2) is 18.2 Å². The molecule has 4 rings (SSSR count). The van der Waals surface area contributed by atoms with E-state index in [0.29, 0.717) is 30.3 Å².